The molecule has 1 saturated heterocycles. The van der Waals surface area contributed by atoms with Gasteiger partial charge in [0.25, 0.3) is 5.91 Å². The van der Waals surface area contributed by atoms with E-state index in [4.69, 9.17) is 16.3 Å². The van der Waals surface area contributed by atoms with E-state index in [0.717, 1.165) is 5.56 Å². The van der Waals surface area contributed by atoms with Crippen LogP contribution in [0.1, 0.15) is 15.9 Å². The number of hydrogen-bond donors (Lipinski definition) is 0. The third kappa shape index (κ3) is 3.29. The molecule has 1 aliphatic rings. The molecule has 1 amide bonds. The van der Waals surface area contributed by atoms with Gasteiger partial charge in [-0.05, 0) is 17.7 Å². The standard InChI is InChI=1S/C14H16ClNO4/c1-19-14(18)12-9-16(5-6-20-12)13(17)11-4-2-3-10(7-11)8-15/h2-4,7,12H,5-6,8-9H2,1H3. The highest BCUT2D eigenvalue weighted by atomic mass is 35.5. The average Bonchev–Trinajstić information content (AvgIpc) is 2.53. The fourth-order valence-corrected chi connectivity index (χ4v) is 2.24. The zero-order valence-corrected chi connectivity index (χ0v) is 11.9. The van der Waals surface area contributed by atoms with Crippen LogP contribution < -0.4 is 0 Å². The first kappa shape index (κ1) is 14.8. The number of esters is 1. The molecule has 0 bridgehead atoms. The van der Waals surface area contributed by atoms with Crippen LogP contribution in [-0.2, 0) is 20.1 Å². The monoisotopic (exact) mass is 297 g/mol. The number of carbonyl (C=O) groups is 2. The first-order chi connectivity index (χ1) is 9.65. The van der Waals surface area contributed by atoms with Gasteiger partial charge in [-0.25, -0.2) is 4.79 Å². The lowest BCUT2D eigenvalue weighted by Crippen LogP contribution is -2.48. The minimum atomic E-state index is -0.714. The Morgan fingerprint density at radius 3 is 3.00 bits per heavy atom. The first-order valence-electron chi connectivity index (χ1n) is 6.29. The number of rotatable bonds is 3. The van der Waals surface area contributed by atoms with Crippen molar-refractivity contribution in [3.05, 3.63) is 35.4 Å². The summed E-state index contributed by atoms with van der Waals surface area (Å²) in [5, 5.41) is 0. The van der Waals surface area contributed by atoms with Crippen molar-refractivity contribution in [2.24, 2.45) is 0 Å². The fraction of sp³-hybridized carbons (Fsp3) is 0.429. The number of amides is 1. The molecule has 20 heavy (non-hydrogen) atoms. The average molecular weight is 298 g/mol. The van der Waals surface area contributed by atoms with Gasteiger partial charge in [0.1, 0.15) is 0 Å². The maximum absolute atomic E-state index is 12.4. The van der Waals surface area contributed by atoms with E-state index in [9.17, 15) is 9.59 Å². The molecule has 1 aliphatic heterocycles. The predicted octanol–water partition coefficient (Wildman–Crippen LogP) is 1.44. The second-order valence-corrected chi connectivity index (χ2v) is 4.74. The van der Waals surface area contributed by atoms with Crippen LogP contribution in [0.15, 0.2) is 24.3 Å². The summed E-state index contributed by atoms with van der Waals surface area (Å²) in [6.45, 7) is 0.981. The van der Waals surface area contributed by atoms with Crippen LogP contribution in [0.2, 0.25) is 0 Å². The van der Waals surface area contributed by atoms with Crippen LogP contribution in [-0.4, -0.2) is 49.7 Å². The fourth-order valence-electron chi connectivity index (χ4n) is 2.08. The summed E-state index contributed by atoms with van der Waals surface area (Å²) < 4.78 is 9.94. The van der Waals surface area contributed by atoms with Crippen LogP contribution >= 0.6 is 11.6 Å². The third-order valence-corrected chi connectivity index (χ3v) is 3.45. The van der Waals surface area contributed by atoms with Gasteiger partial charge in [-0.3, -0.25) is 4.79 Å². The van der Waals surface area contributed by atoms with Crippen molar-refractivity contribution in [2.75, 3.05) is 26.8 Å². The Hall–Kier alpha value is -1.59. The molecule has 2 rings (SSSR count). The zero-order valence-electron chi connectivity index (χ0n) is 11.2. The molecule has 5 nitrogen and oxygen atoms in total. The molecular formula is C14H16ClNO4. The Labute approximate surface area is 122 Å². The number of ether oxygens (including phenoxy) is 2. The number of benzene rings is 1. The molecule has 1 fully saturated rings. The lowest BCUT2D eigenvalue weighted by Gasteiger charge is -2.31. The topological polar surface area (TPSA) is 55.8 Å². The zero-order chi connectivity index (χ0) is 14.5. The van der Waals surface area contributed by atoms with Crippen LogP contribution in [0.25, 0.3) is 0 Å². The normalized spacial score (nSPS) is 18.7. The van der Waals surface area contributed by atoms with Crippen molar-refractivity contribution >= 4 is 23.5 Å². The first-order valence-corrected chi connectivity index (χ1v) is 6.82. The van der Waals surface area contributed by atoms with Crippen molar-refractivity contribution in [1.82, 2.24) is 4.90 Å². The summed E-state index contributed by atoms with van der Waals surface area (Å²) >= 11 is 5.77. The van der Waals surface area contributed by atoms with E-state index < -0.39 is 12.1 Å². The van der Waals surface area contributed by atoms with Gasteiger partial charge in [0.15, 0.2) is 6.10 Å². The van der Waals surface area contributed by atoms with Crippen molar-refractivity contribution < 1.29 is 19.1 Å². The number of hydrogen-bond acceptors (Lipinski definition) is 4. The summed E-state index contributed by atoms with van der Waals surface area (Å²) in [4.78, 5) is 25.5. The quantitative estimate of drug-likeness (QED) is 0.626. The van der Waals surface area contributed by atoms with E-state index in [0.29, 0.717) is 24.6 Å². The van der Waals surface area contributed by atoms with E-state index >= 15 is 0 Å². The minimum absolute atomic E-state index is 0.130. The number of halogens is 1. The molecule has 1 atom stereocenters. The Morgan fingerprint density at radius 1 is 1.50 bits per heavy atom. The maximum atomic E-state index is 12.4. The van der Waals surface area contributed by atoms with E-state index in [2.05, 4.69) is 4.74 Å². The van der Waals surface area contributed by atoms with Crippen molar-refractivity contribution in [3.63, 3.8) is 0 Å². The number of nitrogens with zero attached hydrogens (tertiary/aromatic N) is 1. The molecule has 6 heteroatoms. The van der Waals surface area contributed by atoms with E-state index in [1.807, 2.05) is 6.07 Å². The molecule has 1 unspecified atom stereocenters. The molecule has 0 saturated carbocycles. The summed E-state index contributed by atoms with van der Waals surface area (Å²) in [6, 6.07) is 7.16. The molecular weight excluding hydrogens is 282 g/mol. The lowest BCUT2D eigenvalue weighted by atomic mass is 10.1. The van der Waals surface area contributed by atoms with E-state index in [1.54, 1.807) is 23.1 Å². The van der Waals surface area contributed by atoms with Gasteiger partial charge in [0, 0.05) is 18.0 Å². The van der Waals surface area contributed by atoms with Crippen LogP contribution in [0, 0.1) is 0 Å². The Morgan fingerprint density at radius 2 is 2.30 bits per heavy atom. The highest BCUT2D eigenvalue weighted by Crippen LogP contribution is 2.14. The highest BCUT2D eigenvalue weighted by Gasteiger charge is 2.30. The summed E-state index contributed by atoms with van der Waals surface area (Å²) in [7, 11) is 1.30. The highest BCUT2D eigenvalue weighted by molar-refractivity contribution is 6.17. The predicted molar refractivity (Wildman–Crippen MR) is 73.7 cm³/mol. The summed E-state index contributed by atoms with van der Waals surface area (Å²) in [5.41, 5.74) is 1.45. The van der Waals surface area contributed by atoms with Gasteiger partial charge in [-0.2, -0.15) is 0 Å². The summed E-state index contributed by atoms with van der Waals surface area (Å²) in [5.74, 6) is -0.235. The Balaban J connectivity index is 2.10. The van der Waals surface area contributed by atoms with Crippen molar-refractivity contribution in [1.29, 1.82) is 0 Å². The van der Waals surface area contributed by atoms with Gasteiger partial charge in [-0.1, -0.05) is 12.1 Å². The van der Waals surface area contributed by atoms with E-state index in [-0.39, 0.29) is 12.5 Å². The second-order valence-electron chi connectivity index (χ2n) is 4.47. The lowest BCUT2D eigenvalue weighted by molar-refractivity contribution is -0.158. The Kier molecular flexibility index (Phi) is 4.98. The molecule has 108 valence electrons. The molecule has 0 aromatic heterocycles. The molecule has 0 radical (unpaired) electrons. The van der Waals surface area contributed by atoms with Gasteiger partial charge in [-0.15, -0.1) is 11.6 Å². The number of alkyl halides is 1. The molecule has 1 aromatic carbocycles. The van der Waals surface area contributed by atoms with Crippen LogP contribution in [0.3, 0.4) is 0 Å². The summed E-state index contributed by atoms with van der Waals surface area (Å²) in [6.07, 6.45) is -0.714. The van der Waals surface area contributed by atoms with Crippen molar-refractivity contribution in [3.8, 4) is 0 Å². The molecule has 1 heterocycles. The van der Waals surface area contributed by atoms with Gasteiger partial charge >= 0.3 is 5.97 Å². The molecule has 0 aliphatic carbocycles. The van der Waals surface area contributed by atoms with Gasteiger partial charge in [0.2, 0.25) is 0 Å². The van der Waals surface area contributed by atoms with E-state index in [1.165, 1.54) is 7.11 Å². The minimum Gasteiger partial charge on any atom is -0.467 e. The largest absolute Gasteiger partial charge is 0.467 e. The number of carbonyl (C=O) groups excluding carboxylic acids is 2. The SMILES string of the molecule is COC(=O)C1CN(C(=O)c2cccc(CCl)c2)CCO1. The molecule has 0 spiro atoms. The van der Waals surface area contributed by atoms with Gasteiger partial charge < -0.3 is 14.4 Å². The van der Waals surface area contributed by atoms with Gasteiger partial charge in [0.05, 0.1) is 20.3 Å². The second kappa shape index (κ2) is 6.72. The third-order valence-electron chi connectivity index (χ3n) is 3.15. The van der Waals surface area contributed by atoms with Crippen LogP contribution in [0.4, 0.5) is 0 Å². The molecule has 1 aromatic rings. The van der Waals surface area contributed by atoms with Crippen LogP contribution in [0.5, 0.6) is 0 Å². The number of methoxy groups -OCH3 is 1. The smallest absolute Gasteiger partial charge is 0.336 e. The molecule has 0 N–H and O–H groups in total. The number of morpholine rings is 1. The Bertz CT molecular complexity index is 506. The maximum Gasteiger partial charge on any atom is 0.336 e. The van der Waals surface area contributed by atoms with Crippen molar-refractivity contribution in [2.45, 2.75) is 12.0 Å².